The van der Waals surface area contributed by atoms with Gasteiger partial charge in [0.15, 0.2) is 5.16 Å². The third-order valence-corrected chi connectivity index (χ3v) is 6.15. The standard InChI is InChI=1S/C25H18FN3O3S/c1-15-8-2-5-11-18(15)27-21(30)14-33-25-28-22-16-9-3-7-13-20(16)32-23(22)24(31)29(25)19-12-6-4-10-17(19)26/h2-13H,14H2,1H3,(H,27,30). The number of hydrogen-bond acceptors (Lipinski definition) is 5. The van der Waals surface area contributed by atoms with Crippen molar-refractivity contribution in [2.75, 3.05) is 11.1 Å². The zero-order valence-electron chi connectivity index (χ0n) is 17.5. The third kappa shape index (κ3) is 3.89. The number of aromatic nitrogens is 2. The minimum absolute atomic E-state index is 0.0173. The molecule has 0 aliphatic carbocycles. The van der Waals surface area contributed by atoms with Gasteiger partial charge in [0.1, 0.15) is 16.9 Å². The van der Waals surface area contributed by atoms with E-state index in [4.69, 9.17) is 4.42 Å². The van der Waals surface area contributed by atoms with E-state index in [1.54, 1.807) is 30.3 Å². The number of nitrogens with one attached hydrogen (secondary N) is 1. The molecule has 0 unspecified atom stereocenters. The molecule has 33 heavy (non-hydrogen) atoms. The molecular weight excluding hydrogens is 441 g/mol. The second-order valence-corrected chi connectivity index (χ2v) is 8.36. The number of amides is 1. The van der Waals surface area contributed by atoms with Gasteiger partial charge in [-0.2, -0.15) is 0 Å². The topological polar surface area (TPSA) is 77.1 Å². The molecule has 0 saturated carbocycles. The lowest BCUT2D eigenvalue weighted by Gasteiger charge is -2.13. The minimum Gasteiger partial charge on any atom is -0.448 e. The SMILES string of the molecule is Cc1ccccc1NC(=O)CSc1nc2c(oc3ccccc32)c(=O)n1-c1ccccc1F. The first-order chi connectivity index (χ1) is 16.0. The van der Waals surface area contributed by atoms with E-state index in [0.717, 1.165) is 21.9 Å². The molecule has 1 N–H and O–H groups in total. The van der Waals surface area contributed by atoms with Crippen molar-refractivity contribution in [2.24, 2.45) is 0 Å². The number of rotatable bonds is 5. The number of nitrogens with zero attached hydrogens (tertiary/aromatic N) is 2. The summed E-state index contributed by atoms with van der Waals surface area (Å²) in [4.78, 5) is 30.6. The fourth-order valence-electron chi connectivity index (χ4n) is 3.59. The van der Waals surface area contributed by atoms with Crippen LogP contribution in [0.5, 0.6) is 0 Å². The van der Waals surface area contributed by atoms with Crippen molar-refractivity contribution in [3.63, 3.8) is 0 Å². The van der Waals surface area contributed by atoms with Crippen LogP contribution in [0.3, 0.4) is 0 Å². The molecule has 3 aromatic carbocycles. The van der Waals surface area contributed by atoms with Crippen molar-refractivity contribution in [3.8, 4) is 5.69 Å². The van der Waals surface area contributed by atoms with E-state index in [1.807, 2.05) is 37.3 Å². The van der Waals surface area contributed by atoms with E-state index in [2.05, 4.69) is 10.3 Å². The number of fused-ring (bicyclic) bond motifs is 3. The van der Waals surface area contributed by atoms with Crippen molar-refractivity contribution in [1.29, 1.82) is 0 Å². The number of carbonyl (C=O) groups is 1. The van der Waals surface area contributed by atoms with Gasteiger partial charge >= 0.3 is 5.56 Å². The van der Waals surface area contributed by atoms with Crippen LogP contribution in [0.4, 0.5) is 10.1 Å². The van der Waals surface area contributed by atoms with Crippen LogP contribution in [0.1, 0.15) is 5.56 Å². The number of benzene rings is 3. The summed E-state index contributed by atoms with van der Waals surface area (Å²) in [5.74, 6) is -0.861. The van der Waals surface area contributed by atoms with Crippen LogP contribution in [0.15, 0.2) is 87.2 Å². The molecule has 0 atom stereocenters. The normalized spacial score (nSPS) is 11.2. The smallest absolute Gasteiger partial charge is 0.302 e. The molecule has 1 amide bonds. The molecule has 2 heterocycles. The number of halogens is 1. The molecule has 5 rings (SSSR count). The Hall–Kier alpha value is -3.91. The minimum atomic E-state index is -0.580. The summed E-state index contributed by atoms with van der Waals surface area (Å²) in [6.45, 7) is 1.90. The average Bonchev–Trinajstić information content (AvgIpc) is 3.19. The quantitative estimate of drug-likeness (QED) is 0.285. The number of anilines is 1. The Morgan fingerprint density at radius 1 is 1.06 bits per heavy atom. The maximum absolute atomic E-state index is 14.7. The highest BCUT2D eigenvalue weighted by atomic mass is 32.2. The van der Waals surface area contributed by atoms with Crippen molar-refractivity contribution >= 4 is 45.4 Å². The maximum atomic E-state index is 14.7. The van der Waals surface area contributed by atoms with E-state index in [1.165, 1.54) is 12.1 Å². The lowest BCUT2D eigenvalue weighted by atomic mass is 10.2. The van der Waals surface area contributed by atoms with Crippen LogP contribution in [-0.2, 0) is 4.79 Å². The summed E-state index contributed by atoms with van der Waals surface area (Å²) in [6.07, 6.45) is 0. The summed E-state index contributed by atoms with van der Waals surface area (Å²) in [5, 5.41) is 3.74. The molecule has 164 valence electrons. The van der Waals surface area contributed by atoms with Crippen molar-refractivity contribution in [3.05, 3.63) is 94.5 Å². The Morgan fingerprint density at radius 2 is 1.79 bits per heavy atom. The van der Waals surface area contributed by atoms with Crippen molar-refractivity contribution in [1.82, 2.24) is 9.55 Å². The molecule has 0 saturated heterocycles. The zero-order chi connectivity index (χ0) is 22.9. The first-order valence-electron chi connectivity index (χ1n) is 10.2. The first kappa shape index (κ1) is 21.0. The van der Waals surface area contributed by atoms with Crippen molar-refractivity contribution < 1.29 is 13.6 Å². The highest BCUT2D eigenvalue weighted by molar-refractivity contribution is 7.99. The zero-order valence-corrected chi connectivity index (χ0v) is 18.4. The second-order valence-electron chi connectivity index (χ2n) is 7.41. The van der Waals surface area contributed by atoms with E-state index in [9.17, 15) is 14.0 Å². The molecule has 0 aliphatic rings. The fraction of sp³-hybridized carbons (Fsp3) is 0.0800. The molecule has 0 fully saturated rings. The van der Waals surface area contributed by atoms with Gasteiger partial charge in [-0.3, -0.25) is 9.59 Å². The summed E-state index contributed by atoms with van der Waals surface area (Å²) >= 11 is 1.06. The van der Waals surface area contributed by atoms with Gasteiger partial charge in [-0.1, -0.05) is 54.2 Å². The van der Waals surface area contributed by atoms with Crippen LogP contribution in [-0.4, -0.2) is 21.2 Å². The van der Waals surface area contributed by atoms with Gasteiger partial charge in [0.25, 0.3) is 0 Å². The van der Waals surface area contributed by atoms with Crippen LogP contribution in [0.2, 0.25) is 0 Å². The van der Waals surface area contributed by atoms with Gasteiger partial charge in [0.05, 0.1) is 11.4 Å². The number of carbonyl (C=O) groups excluding carboxylic acids is 1. The molecule has 0 spiro atoms. The maximum Gasteiger partial charge on any atom is 0.302 e. The van der Waals surface area contributed by atoms with Crippen LogP contribution < -0.4 is 10.9 Å². The highest BCUT2D eigenvalue weighted by Crippen LogP contribution is 2.29. The van der Waals surface area contributed by atoms with Crippen LogP contribution in [0, 0.1) is 12.7 Å². The predicted molar refractivity (Wildman–Crippen MR) is 128 cm³/mol. The predicted octanol–water partition coefficient (Wildman–Crippen LogP) is 5.31. The van der Waals surface area contributed by atoms with E-state index >= 15 is 0 Å². The van der Waals surface area contributed by atoms with Crippen LogP contribution in [0.25, 0.3) is 27.8 Å². The highest BCUT2D eigenvalue weighted by Gasteiger charge is 2.21. The number of thioether (sulfide) groups is 1. The fourth-order valence-corrected chi connectivity index (χ4v) is 4.39. The van der Waals surface area contributed by atoms with E-state index in [-0.39, 0.29) is 28.1 Å². The summed E-state index contributed by atoms with van der Waals surface area (Å²) in [7, 11) is 0. The van der Waals surface area contributed by atoms with Gasteiger partial charge in [0.2, 0.25) is 11.5 Å². The molecule has 6 nitrogen and oxygen atoms in total. The van der Waals surface area contributed by atoms with Gasteiger partial charge in [-0.25, -0.2) is 13.9 Å². The Bertz CT molecular complexity index is 1570. The lowest BCUT2D eigenvalue weighted by Crippen LogP contribution is -2.23. The largest absolute Gasteiger partial charge is 0.448 e. The van der Waals surface area contributed by atoms with E-state index in [0.29, 0.717) is 22.2 Å². The number of hydrogen-bond donors (Lipinski definition) is 1. The Kier molecular flexibility index (Phi) is 5.43. The molecule has 0 radical (unpaired) electrons. The van der Waals surface area contributed by atoms with Gasteiger partial charge in [0, 0.05) is 11.1 Å². The summed E-state index contributed by atoms with van der Waals surface area (Å²) in [6, 6.07) is 20.5. The Morgan fingerprint density at radius 3 is 2.61 bits per heavy atom. The number of para-hydroxylation sites is 3. The summed E-state index contributed by atoms with van der Waals surface area (Å²) in [5.41, 5.74) is 2.07. The number of furan rings is 1. The second kappa shape index (κ2) is 8.55. The molecule has 2 aromatic heterocycles. The van der Waals surface area contributed by atoms with E-state index < -0.39 is 11.4 Å². The van der Waals surface area contributed by atoms with Crippen molar-refractivity contribution in [2.45, 2.75) is 12.1 Å². The first-order valence-corrected chi connectivity index (χ1v) is 11.2. The third-order valence-electron chi connectivity index (χ3n) is 5.21. The molecular formula is C25H18FN3O3S. The molecule has 0 aliphatic heterocycles. The Labute approximate surface area is 192 Å². The summed E-state index contributed by atoms with van der Waals surface area (Å²) < 4.78 is 21.6. The Balaban J connectivity index is 1.59. The van der Waals surface area contributed by atoms with Gasteiger partial charge in [-0.05, 0) is 42.8 Å². The van der Waals surface area contributed by atoms with Gasteiger partial charge in [-0.15, -0.1) is 0 Å². The molecule has 0 bridgehead atoms. The monoisotopic (exact) mass is 459 g/mol. The molecule has 8 heteroatoms. The lowest BCUT2D eigenvalue weighted by molar-refractivity contribution is -0.113. The molecule has 5 aromatic rings. The van der Waals surface area contributed by atoms with Crippen LogP contribution >= 0.6 is 11.8 Å². The average molecular weight is 460 g/mol. The number of aryl methyl sites for hydroxylation is 1. The van der Waals surface area contributed by atoms with Gasteiger partial charge < -0.3 is 9.73 Å².